The number of ether oxygens (including phenoxy) is 1. The lowest BCUT2D eigenvalue weighted by Gasteiger charge is -2.12. The molecule has 0 bridgehead atoms. The first-order chi connectivity index (χ1) is 10.1. The highest BCUT2D eigenvalue weighted by Crippen LogP contribution is 2.29. The first kappa shape index (κ1) is 15.3. The van der Waals surface area contributed by atoms with E-state index >= 15 is 0 Å². The molecule has 6 nitrogen and oxygen atoms in total. The number of aryl methyl sites for hydroxylation is 2. The van der Waals surface area contributed by atoms with Crippen molar-refractivity contribution in [2.45, 2.75) is 33.6 Å². The van der Waals surface area contributed by atoms with Crippen LogP contribution in [-0.2, 0) is 11.8 Å². The summed E-state index contributed by atoms with van der Waals surface area (Å²) in [6.45, 7) is 6.99. The number of hydrogen-bond acceptors (Lipinski definition) is 5. The van der Waals surface area contributed by atoms with Gasteiger partial charge in [-0.3, -0.25) is 4.68 Å². The van der Waals surface area contributed by atoms with Crippen LogP contribution >= 0.6 is 0 Å². The standard InChI is InChI=1S/C15H22N4O2/c1-5-7-8-16-13-11(15(20)21-6-2)9-17-14-12(13)10(3)18-19(14)4/h9H,5-8H2,1-4H3,(H,16,17). The summed E-state index contributed by atoms with van der Waals surface area (Å²) in [6, 6.07) is 0. The number of aromatic nitrogens is 3. The average molecular weight is 290 g/mol. The first-order valence-corrected chi connectivity index (χ1v) is 7.33. The van der Waals surface area contributed by atoms with Crippen molar-refractivity contribution in [2.24, 2.45) is 7.05 Å². The fourth-order valence-electron chi connectivity index (χ4n) is 2.35. The van der Waals surface area contributed by atoms with Crippen molar-refractivity contribution in [1.82, 2.24) is 14.8 Å². The van der Waals surface area contributed by atoms with Gasteiger partial charge in [-0.1, -0.05) is 13.3 Å². The summed E-state index contributed by atoms with van der Waals surface area (Å²) in [5.41, 5.74) is 2.86. The van der Waals surface area contributed by atoms with Crippen LogP contribution in [0.4, 0.5) is 5.69 Å². The van der Waals surface area contributed by atoms with E-state index in [1.165, 1.54) is 0 Å². The van der Waals surface area contributed by atoms with E-state index in [4.69, 9.17) is 4.74 Å². The van der Waals surface area contributed by atoms with Crippen molar-refractivity contribution in [3.8, 4) is 0 Å². The minimum Gasteiger partial charge on any atom is -0.462 e. The highest BCUT2D eigenvalue weighted by Gasteiger charge is 2.20. The van der Waals surface area contributed by atoms with Gasteiger partial charge in [0.1, 0.15) is 5.56 Å². The molecule has 0 aliphatic rings. The van der Waals surface area contributed by atoms with E-state index in [1.54, 1.807) is 17.8 Å². The highest BCUT2D eigenvalue weighted by atomic mass is 16.5. The minimum atomic E-state index is -0.353. The van der Waals surface area contributed by atoms with Crippen LogP contribution in [0.3, 0.4) is 0 Å². The number of fused-ring (bicyclic) bond motifs is 1. The van der Waals surface area contributed by atoms with Gasteiger partial charge in [-0.15, -0.1) is 0 Å². The monoisotopic (exact) mass is 290 g/mol. The lowest BCUT2D eigenvalue weighted by atomic mass is 10.1. The Morgan fingerprint density at radius 1 is 1.43 bits per heavy atom. The molecule has 2 heterocycles. The Morgan fingerprint density at radius 2 is 2.19 bits per heavy atom. The zero-order valence-electron chi connectivity index (χ0n) is 13.1. The van der Waals surface area contributed by atoms with Crippen LogP contribution < -0.4 is 5.32 Å². The quantitative estimate of drug-likeness (QED) is 0.654. The van der Waals surface area contributed by atoms with Crippen LogP contribution in [0.5, 0.6) is 0 Å². The van der Waals surface area contributed by atoms with Gasteiger partial charge in [0, 0.05) is 19.8 Å². The predicted octanol–water partition coefficient (Wildman–Crippen LogP) is 2.67. The average Bonchev–Trinajstić information content (AvgIpc) is 2.75. The molecular weight excluding hydrogens is 268 g/mol. The maximum absolute atomic E-state index is 12.1. The van der Waals surface area contributed by atoms with Gasteiger partial charge in [-0.05, 0) is 20.3 Å². The topological polar surface area (TPSA) is 69.0 Å². The van der Waals surface area contributed by atoms with Gasteiger partial charge in [0.15, 0.2) is 5.65 Å². The summed E-state index contributed by atoms with van der Waals surface area (Å²) >= 11 is 0. The third-order valence-electron chi connectivity index (χ3n) is 3.35. The highest BCUT2D eigenvalue weighted by molar-refractivity contribution is 6.05. The summed E-state index contributed by atoms with van der Waals surface area (Å²) in [7, 11) is 1.85. The molecule has 6 heteroatoms. The maximum atomic E-state index is 12.1. The molecule has 0 atom stereocenters. The van der Waals surface area contributed by atoms with Crippen molar-refractivity contribution in [3.63, 3.8) is 0 Å². The second-order valence-electron chi connectivity index (χ2n) is 4.96. The molecule has 2 aromatic heterocycles. The summed E-state index contributed by atoms with van der Waals surface area (Å²) in [5, 5.41) is 8.63. The molecular formula is C15H22N4O2. The lowest BCUT2D eigenvalue weighted by molar-refractivity contribution is 0.0527. The predicted molar refractivity (Wildman–Crippen MR) is 82.6 cm³/mol. The Balaban J connectivity index is 2.54. The van der Waals surface area contributed by atoms with Crippen LogP contribution in [0.2, 0.25) is 0 Å². The Kier molecular flexibility index (Phi) is 4.77. The molecule has 2 aromatic rings. The largest absolute Gasteiger partial charge is 0.462 e. The third-order valence-corrected chi connectivity index (χ3v) is 3.35. The summed E-state index contributed by atoms with van der Waals surface area (Å²) in [4.78, 5) is 16.5. The van der Waals surface area contributed by atoms with E-state index in [0.29, 0.717) is 12.2 Å². The van der Waals surface area contributed by atoms with E-state index in [1.807, 2.05) is 14.0 Å². The van der Waals surface area contributed by atoms with Gasteiger partial charge < -0.3 is 10.1 Å². The van der Waals surface area contributed by atoms with Gasteiger partial charge in [0.2, 0.25) is 0 Å². The van der Waals surface area contributed by atoms with E-state index < -0.39 is 0 Å². The van der Waals surface area contributed by atoms with E-state index in [9.17, 15) is 4.79 Å². The molecule has 0 unspecified atom stereocenters. The second-order valence-corrected chi connectivity index (χ2v) is 4.96. The van der Waals surface area contributed by atoms with Gasteiger partial charge in [0.05, 0.1) is 23.4 Å². The Hall–Kier alpha value is -2.11. The number of pyridine rings is 1. The van der Waals surface area contributed by atoms with Crippen LogP contribution in [0.15, 0.2) is 6.20 Å². The molecule has 0 fully saturated rings. The minimum absolute atomic E-state index is 0.345. The first-order valence-electron chi connectivity index (χ1n) is 7.33. The molecule has 0 spiro atoms. The Labute approximate surface area is 124 Å². The van der Waals surface area contributed by atoms with Gasteiger partial charge >= 0.3 is 5.97 Å². The van der Waals surface area contributed by atoms with Crippen LogP contribution in [-0.4, -0.2) is 33.9 Å². The molecule has 0 radical (unpaired) electrons. The smallest absolute Gasteiger partial charge is 0.341 e. The number of nitrogens with one attached hydrogen (secondary N) is 1. The van der Waals surface area contributed by atoms with E-state index in [0.717, 1.165) is 41.8 Å². The molecule has 0 saturated carbocycles. The third kappa shape index (κ3) is 2.99. The number of unbranched alkanes of at least 4 members (excludes halogenated alkanes) is 1. The molecule has 21 heavy (non-hydrogen) atoms. The molecule has 0 aromatic carbocycles. The molecule has 114 valence electrons. The number of hydrogen-bond donors (Lipinski definition) is 1. The number of carbonyl (C=O) groups is 1. The number of carbonyl (C=O) groups excluding carboxylic acids is 1. The number of esters is 1. The zero-order valence-corrected chi connectivity index (χ0v) is 13.1. The van der Waals surface area contributed by atoms with Crippen LogP contribution in [0, 0.1) is 6.92 Å². The summed E-state index contributed by atoms with van der Waals surface area (Å²) in [5.74, 6) is -0.353. The number of anilines is 1. The van der Waals surface area contributed by atoms with Crippen molar-refractivity contribution < 1.29 is 9.53 Å². The van der Waals surface area contributed by atoms with E-state index in [2.05, 4.69) is 22.3 Å². The molecule has 0 aliphatic carbocycles. The van der Waals surface area contributed by atoms with Crippen molar-refractivity contribution in [3.05, 3.63) is 17.5 Å². The number of nitrogens with zero attached hydrogens (tertiary/aromatic N) is 3. The zero-order chi connectivity index (χ0) is 15.4. The SMILES string of the molecule is CCCCNc1c(C(=O)OCC)cnc2c1c(C)nn2C. The van der Waals surface area contributed by atoms with E-state index in [-0.39, 0.29) is 5.97 Å². The Morgan fingerprint density at radius 3 is 2.86 bits per heavy atom. The van der Waals surface area contributed by atoms with Gasteiger partial charge in [-0.2, -0.15) is 5.10 Å². The summed E-state index contributed by atoms with van der Waals surface area (Å²) in [6.07, 6.45) is 3.68. The normalized spacial score (nSPS) is 10.9. The molecule has 0 saturated heterocycles. The molecule has 2 rings (SSSR count). The molecule has 1 N–H and O–H groups in total. The van der Waals surface area contributed by atoms with Crippen LogP contribution in [0.1, 0.15) is 42.7 Å². The van der Waals surface area contributed by atoms with Gasteiger partial charge in [0.25, 0.3) is 0 Å². The fraction of sp³-hybridized carbons (Fsp3) is 0.533. The Bertz CT molecular complexity index is 649. The van der Waals surface area contributed by atoms with Crippen molar-refractivity contribution >= 4 is 22.7 Å². The maximum Gasteiger partial charge on any atom is 0.341 e. The van der Waals surface area contributed by atoms with Crippen LogP contribution in [0.25, 0.3) is 11.0 Å². The number of rotatable bonds is 6. The van der Waals surface area contributed by atoms with Crippen molar-refractivity contribution in [2.75, 3.05) is 18.5 Å². The lowest BCUT2D eigenvalue weighted by Crippen LogP contribution is -2.12. The summed E-state index contributed by atoms with van der Waals surface area (Å²) < 4.78 is 6.85. The second kappa shape index (κ2) is 6.56. The fourth-order valence-corrected chi connectivity index (χ4v) is 2.35. The molecule has 0 aliphatic heterocycles. The molecule has 0 amide bonds. The van der Waals surface area contributed by atoms with Gasteiger partial charge in [-0.25, -0.2) is 9.78 Å². The van der Waals surface area contributed by atoms with Crippen molar-refractivity contribution in [1.29, 1.82) is 0 Å².